The Morgan fingerprint density at radius 3 is 2.64 bits per heavy atom. The number of nitrogens with zero attached hydrogens (tertiary/aromatic N) is 2. The van der Waals surface area contributed by atoms with Crippen LogP contribution in [0.1, 0.15) is 16.1 Å². The molecule has 0 aliphatic carbocycles. The van der Waals surface area contributed by atoms with Gasteiger partial charge in [0.2, 0.25) is 0 Å². The smallest absolute Gasteiger partial charge is 0.259 e. The number of amides is 1. The van der Waals surface area contributed by atoms with Gasteiger partial charge in [0.1, 0.15) is 5.82 Å². The monoisotopic (exact) mass is 416 g/mol. The lowest BCUT2D eigenvalue weighted by atomic mass is 10.2. The van der Waals surface area contributed by atoms with Gasteiger partial charge in [-0.2, -0.15) is 0 Å². The molecule has 2 aromatic heterocycles. The van der Waals surface area contributed by atoms with Gasteiger partial charge in [0, 0.05) is 27.6 Å². The summed E-state index contributed by atoms with van der Waals surface area (Å²) in [7, 11) is 0. The van der Waals surface area contributed by atoms with Gasteiger partial charge in [-0.1, -0.05) is 17.7 Å². The van der Waals surface area contributed by atoms with E-state index in [1.54, 1.807) is 42.7 Å². The van der Waals surface area contributed by atoms with Crippen molar-refractivity contribution < 1.29 is 4.79 Å². The molecule has 0 radical (unpaired) electrons. The van der Waals surface area contributed by atoms with Crippen molar-refractivity contribution >= 4 is 44.9 Å². The van der Waals surface area contributed by atoms with Crippen LogP contribution in [-0.2, 0) is 6.54 Å². The molecule has 0 saturated carbocycles. The molecule has 3 rings (SSSR count). The summed E-state index contributed by atoms with van der Waals surface area (Å²) in [5.41, 5.74) is 1.95. The maximum Gasteiger partial charge on any atom is 0.259 e. The molecule has 3 aromatic rings. The van der Waals surface area contributed by atoms with Gasteiger partial charge in [0.25, 0.3) is 5.91 Å². The number of carbonyl (C=O) groups is 1. The predicted molar refractivity (Wildman–Crippen MR) is 103 cm³/mol. The van der Waals surface area contributed by atoms with E-state index in [4.69, 9.17) is 11.6 Å². The van der Waals surface area contributed by atoms with Crippen molar-refractivity contribution in [3.05, 3.63) is 81.7 Å². The highest BCUT2D eigenvalue weighted by Crippen LogP contribution is 2.21. The van der Waals surface area contributed by atoms with Gasteiger partial charge in [-0.15, -0.1) is 0 Å². The Bertz CT molecular complexity index is 872. The zero-order valence-corrected chi connectivity index (χ0v) is 15.4. The van der Waals surface area contributed by atoms with Crippen LogP contribution in [0.25, 0.3) is 0 Å². The van der Waals surface area contributed by atoms with E-state index in [9.17, 15) is 4.79 Å². The Morgan fingerprint density at radius 2 is 1.92 bits per heavy atom. The standard InChI is InChI=1S/C18H14BrClN4O/c19-12-9-16(18(25)24-14-6-4-13(20)5-7-14)17(22-10-12)23-11-15-3-1-2-8-21-15/h1-10H,11H2,(H,22,23)(H,24,25). The molecular weight excluding hydrogens is 404 g/mol. The summed E-state index contributed by atoms with van der Waals surface area (Å²) in [5, 5.41) is 6.60. The van der Waals surface area contributed by atoms with Crippen molar-refractivity contribution in [2.24, 2.45) is 0 Å². The fraction of sp³-hybridized carbons (Fsp3) is 0.0556. The molecule has 0 aliphatic heterocycles. The molecule has 5 nitrogen and oxygen atoms in total. The van der Waals surface area contributed by atoms with Gasteiger partial charge in [-0.3, -0.25) is 9.78 Å². The lowest BCUT2D eigenvalue weighted by molar-refractivity contribution is 0.102. The molecule has 7 heteroatoms. The molecule has 25 heavy (non-hydrogen) atoms. The van der Waals surface area contributed by atoms with Gasteiger partial charge in [0.15, 0.2) is 0 Å². The number of halogens is 2. The highest BCUT2D eigenvalue weighted by atomic mass is 79.9. The third-order valence-corrected chi connectivity index (χ3v) is 4.05. The lowest BCUT2D eigenvalue weighted by Crippen LogP contribution is -2.16. The van der Waals surface area contributed by atoms with Crippen LogP contribution in [0.15, 0.2) is 65.4 Å². The molecule has 0 aliphatic rings. The van der Waals surface area contributed by atoms with E-state index in [0.29, 0.717) is 28.6 Å². The van der Waals surface area contributed by atoms with Crippen molar-refractivity contribution in [2.75, 3.05) is 10.6 Å². The number of anilines is 2. The van der Waals surface area contributed by atoms with Crippen molar-refractivity contribution in [2.45, 2.75) is 6.54 Å². The van der Waals surface area contributed by atoms with Crippen LogP contribution in [0.3, 0.4) is 0 Å². The molecule has 2 N–H and O–H groups in total. The Kier molecular flexibility index (Phi) is 5.63. The van der Waals surface area contributed by atoms with Crippen molar-refractivity contribution in [3.63, 3.8) is 0 Å². The Hall–Kier alpha value is -2.44. The highest BCUT2D eigenvalue weighted by Gasteiger charge is 2.14. The van der Waals surface area contributed by atoms with E-state index < -0.39 is 0 Å². The summed E-state index contributed by atoms with van der Waals surface area (Å²) in [6.07, 6.45) is 3.36. The number of carbonyl (C=O) groups excluding carboxylic acids is 1. The predicted octanol–water partition coefficient (Wildman–Crippen LogP) is 4.76. The fourth-order valence-corrected chi connectivity index (χ4v) is 2.62. The average molecular weight is 418 g/mol. The largest absolute Gasteiger partial charge is 0.364 e. The average Bonchev–Trinajstić information content (AvgIpc) is 2.63. The first-order valence-electron chi connectivity index (χ1n) is 7.48. The number of pyridine rings is 2. The second-order valence-electron chi connectivity index (χ2n) is 5.19. The van der Waals surface area contributed by atoms with Crippen molar-refractivity contribution in [1.82, 2.24) is 9.97 Å². The molecule has 2 heterocycles. The molecule has 1 aromatic carbocycles. The fourth-order valence-electron chi connectivity index (χ4n) is 2.16. The second kappa shape index (κ2) is 8.09. The first-order chi connectivity index (χ1) is 12.1. The van der Waals surface area contributed by atoms with E-state index in [2.05, 4.69) is 36.5 Å². The van der Waals surface area contributed by atoms with Crippen LogP contribution in [0.5, 0.6) is 0 Å². The third kappa shape index (κ3) is 4.78. The normalized spacial score (nSPS) is 10.3. The van der Waals surface area contributed by atoms with Gasteiger partial charge in [-0.25, -0.2) is 4.98 Å². The number of aromatic nitrogens is 2. The number of hydrogen-bond donors (Lipinski definition) is 2. The first-order valence-corrected chi connectivity index (χ1v) is 8.65. The number of benzene rings is 1. The topological polar surface area (TPSA) is 66.9 Å². The molecule has 1 amide bonds. The Morgan fingerprint density at radius 1 is 1.12 bits per heavy atom. The van der Waals surface area contributed by atoms with Crippen molar-refractivity contribution in [3.8, 4) is 0 Å². The molecule has 0 saturated heterocycles. The number of nitrogens with one attached hydrogen (secondary N) is 2. The minimum atomic E-state index is -0.264. The summed E-state index contributed by atoms with van der Waals surface area (Å²) >= 11 is 9.22. The summed E-state index contributed by atoms with van der Waals surface area (Å²) < 4.78 is 0.720. The third-order valence-electron chi connectivity index (χ3n) is 3.36. The zero-order chi connectivity index (χ0) is 17.6. The van der Waals surface area contributed by atoms with Gasteiger partial charge >= 0.3 is 0 Å². The van der Waals surface area contributed by atoms with E-state index in [1.807, 2.05) is 18.2 Å². The van der Waals surface area contributed by atoms with Crippen LogP contribution in [0.2, 0.25) is 5.02 Å². The van der Waals surface area contributed by atoms with Gasteiger partial charge < -0.3 is 10.6 Å². The number of rotatable bonds is 5. The van der Waals surface area contributed by atoms with Crippen LogP contribution in [-0.4, -0.2) is 15.9 Å². The van der Waals surface area contributed by atoms with Gasteiger partial charge in [0.05, 0.1) is 17.8 Å². The molecule has 126 valence electrons. The minimum Gasteiger partial charge on any atom is -0.364 e. The van der Waals surface area contributed by atoms with E-state index in [0.717, 1.165) is 10.2 Å². The van der Waals surface area contributed by atoms with Crippen LogP contribution < -0.4 is 10.6 Å². The van der Waals surface area contributed by atoms with Crippen LogP contribution in [0.4, 0.5) is 11.5 Å². The Balaban J connectivity index is 1.78. The van der Waals surface area contributed by atoms with Gasteiger partial charge in [-0.05, 0) is 58.4 Å². The second-order valence-corrected chi connectivity index (χ2v) is 6.54. The maximum atomic E-state index is 12.6. The molecule has 0 fully saturated rings. The summed E-state index contributed by atoms with van der Waals surface area (Å²) in [6.45, 7) is 0.469. The van der Waals surface area contributed by atoms with Crippen LogP contribution in [0, 0.1) is 0 Å². The molecule has 0 bridgehead atoms. The van der Waals surface area contributed by atoms with E-state index in [1.165, 1.54) is 0 Å². The molecular formula is C18H14BrClN4O. The molecule has 0 atom stereocenters. The quantitative estimate of drug-likeness (QED) is 0.628. The maximum absolute atomic E-state index is 12.6. The molecule has 0 unspecified atom stereocenters. The molecule has 0 spiro atoms. The van der Waals surface area contributed by atoms with E-state index in [-0.39, 0.29) is 5.91 Å². The van der Waals surface area contributed by atoms with Crippen LogP contribution >= 0.6 is 27.5 Å². The SMILES string of the molecule is O=C(Nc1ccc(Cl)cc1)c1cc(Br)cnc1NCc1ccccn1. The Labute approximate surface area is 158 Å². The summed E-state index contributed by atoms with van der Waals surface area (Å²) in [5.74, 6) is 0.222. The zero-order valence-electron chi connectivity index (χ0n) is 13.0. The first kappa shape index (κ1) is 17.4. The summed E-state index contributed by atoms with van der Waals surface area (Å²) in [6, 6.07) is 14.3. The van der Waals surface area contributed by atoms with Crippen molar-refractivity contribution in [1.29, 1.82) is 0 Å². The van der Waals surface area contributed by atoms with E-state index >= 15 is 0 Å². The summed E-state index contributed by atoms with van der Waals surface area (Å²) in [4.78, 5) is 21.2. The lowest BCUT2D eigenvalue weighted by Gasteiger charge is -2.12. The number of hydrogen-bond acceptors (Lipinski definition) is 4. The minimum absolute atomic E-state index is 0.264. The highest BCUT2D eigenvalue weighted by molar-refractivity contribution is 9.10.